The Bertz CT molecular complexity index is 1040. The topological polar surface area (TPSA) is 149 Å². The Morgan fingerprint density at radius 2 is 2.29 bits per heavy atom. The van der Waals surface area contributed by atoms with E-state index < -0.39 is 40.4 Å². The van der Waals surface area contributed by atoms with Crippen LogP contribution in [0.5, 0.6) is 0 Å². The van der Waals surface area contributed by atoms with E-state index in [0.717, 1.165) is 0 Å². The lowest BCUT2D eigenvalue weighted by atomic mass is 10.0. The lowest BCUT2D eigenvalue weighted by Crippen LogP contribution is -2.70. The number of hydrogen-bond donors (Lipinski definition) is 2. The molecule has 2 N–H and O–H groups in total. The first-order chi connectivity index (χ1) is 14.8. The highest BCUT2D eigenvalue weighted by Crippen LogP contribution is 2.41. The van der Waals surface area contributed by atoms with Crippen LogP contribution in [0.4, 0.5) is 0 Å². The smallest absolute Gasteiger partial charge is 0.352 e. The molecule has 31 heavy (non-hydrogen) atoms. The number of amides is 2. The van der Waals surface area contributed by atoms with E-state index >= 15 is 0 Å². The van der Waals surface area contributed by atoms with E-state index in [2.05, 4.69) is 15.5 Å². The molecular formula is C17H16N4O6S4. The molecule has 3 atom stereocenters. The highest BCUT2D eigenvalue weighted by atomic mass is 32.2. The maximum atomic E-state index is 12.7. The number of thioether (sulfide) groups is 2. The molecule has 2 aromatic rings. The molecule has 2 unspecified atom stereocenters. The Balaban J connectivity index is 1.40. The van der Waals surface area contributed by atoms with Gasteiger partial charge in [0.05, 0.1) is 0 Å². The Labute approximate surface area is 192 Å². The number of fused-ring (bicyclic) bond motifs is 1. The first kappa shape index (κ1) is 22.2. The Morgan fingerprint density at radius 3 is 2.94 bits per heavy atom. The quantitative estimate of drug-likeness (QED) is 0.306. The van der Waals surface area contributed by atoms with Crippen LogP contribution in [0.3, 0.4) is 0 Å². The number of carbonyl (C=O) groups is 3. The van der Waals surface area contributed by atoms with E-state index in [-0.39, 0.29) is 17.2 Å². The van der Waals surface area contributed by atoms with Gasteiger partial charge in [0.15, 0.2) is 5.75 Å². The molecule has 2 aliphatic heterocycles. The number of carboxylic acids is 1. The summed E-state index contributed by atoms with van der Waals surface area (Å²) in [5, 5.41) is 21.5. The number of nitrogens with zero attached hydrogens (tertiary/aromatic N) is 3. The average Bonchev–Trinajstić information content (AvgIpc) is 3.41. The standard InChI is InChI=1S/C17H16N4O6S4/c1-8-19-20-17(27-8)30-6-9-5-29-15-12(14(23)21(15)13(9)16(24)25)18-10(22)7-31(26)11-3-2-4-28-11/h2-4,12,15H,5-7H2,1H3,(H,18,22)(H,24,25)/t12?,15-,31?/m0/s1. The molecule has 0 spiro atoms. The maximum absolute atomic E-state index is 12.7. The number of β-lactam (4-membered cyclic amide) rings is 1. The third-order valence-electron chi connectivity index (χ3n) is 4.43. The predicted molar refractivity (Wildman–Crippen MR) is 115 cm³/mol. The number of aryl methyl sites for hydroxylation is 1. The molecule has 4 heterocycles. The molecule has 0 radical (unpaired) electrons. The highest BCUT2D eigenvalue weighted by Gasteiger charge is 2.54. The van der Waals surface area contributed by atoms with E-state index in [1.807, 2.05) is 0 Å². The van der Waals surface area contributed by atoms with Gasteiger partial charge in [-0.15, -0.1) is 22.0 Å². The number of carboxylic acid groups (broad SMARTS) is 1. The zero-order valence-corrected chi connectivity index (χ0v) is 19.2. The number of nitrogens with one attached hydrogen (secondary N) is 1. The number of aliphatic carboxylic acids is 1. The molecular weight excluding hydrogens is 484 g/mol. The van der Waals surface area contributed by atoms with E-state index in [0.29, 0.717) is 26.6 Å². The minimum absolute atomic E-state index is 0.0786. The Morgan fingerprint density at radius 1 is 1.48 bits per heavy atom. The molecule has 2 aliphatic rings. The van der Waals surface area contributed by atoms with Crippen molar-refractivity contribution in [1.82, 2.24) is 20.4 Å². The van der Waals surface area contributed by atoms with Crippen molar-refractivity contribution in [2.45, 2.75) is 27.8 Å². The van der Waals surface area contributed by atoms with Crippen molar-refractivity contribution in [2.75, 3.05) is 17.3 Å². The molecule has 4 rings (SSSR count). The van der Waals surface area contributed by atoms with Crippen LogP contribution in [-0.2, 0) is 25.6 Å². The predicted octanol–water partition coefficient (Wildman–Crippen LogP) is 1.08. The van der Waals surface area contributed by atoms with Crippen molar-refractivity contribution in [1.29, 1.82) is 0 Å². The lowest BCUT2D eigenvalue weighted by molar-refractivity contribution is -0.150. The van der Waals surface area contributed by atoms with Crippen molar-refractivity contribution in [3.05, 3.63) is 34.7 Å². The minimum Gasteiger partial charge on any atom is -0.610 e. The third-order valence-corrected chi connectivity index (χ3v) is 9.29. The summed E-state index contributed by atoms with van der Waals surface area (Å²) in [5.74, 6) is -1.41. The van der Waals surface area contributed by atoms with Gasteiger partial charge in [-0.3, -0.25) is 14.5 Å². The van der Waals surface area contributed by atoms with Crippen molar-refractivity contribution in [3.8, 4) is 0 Å². The van der Waals surface area contributed by atoms with Gasteiger partial charge in [0.2, 0.25) is 10.1 Å². The van der Waals surface area contributed by atoms with Crippen LogP contribution in [0.15, 0.2) is 42.6 Å². The molecule has 10 nitrogen and oxygen atoms in total. The largest absolute Gasteiger partial charge is 0.610 e. The first-order valence-electron chi connectivity index (χ1n) is 8.89. The van der Waals surface area contributed by atoms with Gasteiger partial charge in [-0.25, -0.2) is 4.79 Å². The number of hydrogen-bond acceptors (Lipinski definition) is 10. The summed E-state index contributed by atoms with van der Waals surface area (Å²) in [7, 11) is 0. The zero-order valence-electron chi connectivity index (χ0n) is 16.0. The van der Waals surface area contributed by atoms with E-state index in [9.17, 15) is 24.0 Å². The van der Waals surface area contributed by atoms with Gasteiger partial charge >= 0.3 is 5.97 Å². The molecule has 0 aliphatic carbocycles. The molecule has 0 saturated carbocycles. The minimum atomic E-state index is -1.49. The van der Waals surface area contributed by atoms with Crippen LogP contribution in [0.2, 0.25) is 0 Å². The molecule has 2 aromatic heterocycles. The monoisotopic (exact) mass is 500 g/mol. The van der Waals surface area contributed by atoms with Crippen LogP contribution < -0.4 is 5.32 Å². The van der Waals surface area contributed by atoms with Crippen molar-refractivity contribution in [3.63, 3.8) is 0 Å². The van der Waals surface area contributed by atoms with Gasteiger partial charge in [-0.05, 0) is 17.0 Å². The summed E-state index contributed by atoms with van der Waals surface area (Å²) < 4.78 is 18.1. The molecule has 0 bridgehead atoms. The second-order valence-corrected chi connectivity index (χ2v) is 11.2. The number of rotatable bonds is 8. The first-order valence-corrected chi connectivity index (χ1v) is 13.1. The zero-order chi connectivity index (χ0) is 22.1. The van der Waals surface area contributed by atoms with E-state index in [1.165, 1.54) is 39.8 Å². The molecule has 0 aromatic carbocycles. The second kappa shape index (κ2) is 9.24. The van der Waals surface area contributed by atoms with Crippen molar-refractivity contribution in [2.24, 2.45) is 0 Å². The summed E-state index contributed by atoms with van der Waals surface area (Å²) in [6, 6.07) is 2.58. The van der Waals surface area contributed by atoms with Crippen LogP contribution in [-0.4, -0.2) is 71.2 Å². The molecule has 164 valence electrons. The Hall–Kier alpha value is -2.00. The summed E-state index contributed by atoms with van der Waals surface area (Å²) in [4.78, 5) is 38.0. The van der Waals surface area contributed by atoms with E-state index in [1.54, 1.807) is 24.4 Å². The van der Waals surface area contributed by atoms with Crippen LogP contribution in [0, 0.1) is 6.92 Å². The van der Waals surface area contributed by atoms with Crippen molar-refractivity contribution < 1.29 is 28.5 Å². The lowest BCUT2D eigenvalue weighted by Gasteiger charge is -2.49. The number of thiophene rings is 1. The van der Waals surface area contributed by atoms with E-state index in [4.69, 9.17) is 4.42 Å². The maximum Gasteiger partial charge on any atom is 0.352 e. The SMILES string of the molecule is Cc1nnc(SCC2=C(C(=O)O)N3C(=O)C(NC(=O)C[S+]([O-])c4cccs4)[C@@H]3SC2)o1. The molecule has 1 fully saturated rings. The summed E-state index contributed by atoms with van der Waals surface area (Å²) in [5.41, 5.74) is 0.483. The Kier molecular flexibility index (Phi) is 6.62. The summed E-state index contributed by atoms with van der Waals surface area (Å²) in [6.07, 6.45) is 0. The van der Waals surface area contributed by atoms with Crippen LogP contribution in [0.1, 0.15) is 5.89 Å². The van der Waals surface area contributed by atoms with Gasteiger partial charge < -0.3 is 19.4 Å². The van der Waals surface area contributed by atoms with Gasteiger partial charge in [0.25, 0.3) is 17.0 Å². The van der Waals surface area contributed by atoms with Gasteiger partial charge in [0.1, 0.15) is 17.1 Å². The average molecular weight is 501 g/mol. The second-order valence-electron chi connectivity index (χ2n) is 6.51. The fourth-order valence-electron chi connectivity index (χ4n) is 3.08. The van der Waals surface area contributed by atoms with Crippen molar-refractivity contribution >= 4 is 63.8 Å². The van der Waals surface area contributed by atoms with Crippen LogP contribution >= 0.6 is 34.9 Å². The molecule has 2 amide bonds. The van der Waals surface area contributed by atoms with Gasteiger partial charge in [-0.1, -0.05) is 23.1 Å². The third kappa shape index (κ3) is 4.62. The summed E-state index contributed by atoms with van der Waals surface area (Å²) >= 11 is 2.37. The van der Waals surface area contributed by atoms with Gasteiger partial charge in [-0.2, -0.15) is 0 Å². The number of carbonyl (C=O) groups excluding carboxylic acids is 2. The normalized spacial score (nSPS) is 21.5. The molecule has 14 heteroatoms. The van der Waals surface area contributed by atoms with Gasteiger partial charge in [0, 0.05) is 35.7 Å². The number of aromatic nitrogens is 2. The highest BCUT2D eigenvalue weighted by molar-refractivity contribution is 8.01. The fraction of sp³-hybridized carbons (Fsp3) is 0.353. The van der Waals surface area contributed by atoms with Crippen LogP contribution in [0.25, 0.3) is 0 Å². The summed E-state index contributed by atoms with van der Waals surface area (Å²) in [6.45, 7) is 1.66. The fourth-order valence-corrected chi connectivity index (χ4v) is 7.28. The molecule has 1 saturated heterocycles.